The fourth-order valence-corrected chi connectivity index (χ4v) is 3.31. The predicted molar refractivity (Wildman–Crippen MR) is 75.9 cm³/mol. The van der Waals surface area contributed by atoms with Crippen LogP contribution in [0.25, 0.3) is 0 Å². The van der Waals surface area contributed by atoms with Crippen LogP contribution in [0.1, 0.15) is 0 Å². The number of rotatable bonds is 6. The third-order valence-corrected chi connectivity index (χ3v) is 5.37. The minimum atomic E-state index is -3.31. The maximum Gasteiger partial charge on any atom is 0.240 e. The number of ether oxygens (including phenoxy) is 1. The summed E-state index contributed by atoms with van der Waals surface area (Å²) in [5.74, 6) is -0.448. The third-order valence-electron chi connectivity index (χ3n) is 3.41. The molecule has 1 saturated heterocycles. The van der Waals surface area contributed by atoms with E-state index >= 15 is 0 Å². The Bertz CT molecular complexity index is 570. The van der Waals surface area contributed by atoms with Gasteiger partial charge in [0.25, 0.3) is 0 Å². The van der Waals surface area contributed by atoms with E-state index < -0.39 is 10.0 Å². The molecule has 2 rings (SSSR count). The van der Waals surface area contributed by atoms with Gasteiger partial charge >= 0.3 is 0 Å². The van der Waals surface area contributed by atoms with E-state index in [9.17, 15) is 13.2 Å². The average molecular weight is 316 g/mol. The number of carbonyl (C=O) groups is 1. The van der Waals surface area contributed by atoms with Gasteiger partial charge in [0, 0.05) is 32.4 Å². The number of hydrogen-bond acceptors (Lipinski definition) is 5. The number of sulfonamides is 1. The Balaban J connectivity index is 1.91. The van der Waals surface area contributed by atoms with Gasteiger partial charge in [-0.2, -0.15) is 0 Å². The lowest BCUT2D eigenvalue weighted by Gasteiger charge is -2.21. The van der Waals surface area contributed by atoms with E-state index in [1.807, 2.05) is 0 Å². The molecule has 8 nitrogen and oxygen atoms in total. The van der Waals surface area contributed by atoms with Gasteiger partial charge in [-0.1, -0.05) is 0 Å². The Morgan fingerprint density at radius 1 is 1.48 bits per heavy atom. The second kappa shape index (κ2) is 6.54. The van der Waals surface area contributed by atoms with E-state index in [1.54, 1.807) is 23.3 Å². The molecule has 1 amide bonds. The van der Waals surface area contributed by atoms with Crippen molar-refractivity contribution in [2.75, 3.05) is 33.1 Å². The van der Waals surface area contributed by atoms with Gasteiger partial charge in [0.2, 0.25) is 15.9 Å². The summed E-state index contributed by atoms with van der Waals surface area (Å²) in [6.45, 7) is 0.829. The summed E-state index contributed by atoms with van der Waals surface area (Å²) >= 11 is 0. The van der Waals surface area contributed by atoms with Crippen molar-refractivity contribution in [1.29, 1.82) is 0 Å². The second-order valence-electron chi connectivity index (χ2n) is 5.27. The molecule has 0 aliphatic carbocycles. The standard InChI is InChI=1S/C12H20N4O4S/c1-15(2)21(18,19)8-10-6-20-7-11(10)14-12(17)5-16-4-3-13-9-16/h3-4,9-11H,5-8H2,1-2H3,(H,14,17)/t10-,11-/m0/s1. The van der Waals surface area contributed by atoms with Crippen LogP contribution >= 0.6 is 0 Å². The molecule has 118 valence electrons. The Hall–Kier alpha value is -1.45. The molecule has 0 unspecified atom stereocenters. The van der Waals surface area contributed by atoms with E-state index in [0.29, 0.717) is 13.2 Å². The molecule has 1 fully saturated rings. The molecule has 9 heteroatoms. The quantitative estimate of drug-likeness (QED) is 0.719. The normalized spacial score (nSPS) is 22.6. The molecule has 0 saturated carbocycles. The molecule has 2 atom stereocenters. The zero-order chi connectivity index (χ0) is 15.5. The van der Waals surface area contributed by atoms with Crippen LogP contribution in [0, 0.1) is 5.92 Å². The average Bonchev–Trinajstić information content (AvgIpc) is 3.02. The summed E-state index contributed by atoms with van der Waals surface area (Å²) < 4.78 is 32.0. The van der Waals surface area contributed by atoms with Gasteiger partial charge in [0.15, 0.2) is 0 Å². The molecule has 1 aliphatic heterocycles. The SMILES string of the molecule is CN(C)S(=O)(=O)C[C@@H]1COC[C@@H]1NC(=O)Cn1ccnc1. The van der Waals surface area contributed by atoms with Gasteiger partial charge in [-0.3, -0.25) is 4.79 Å². The molecule has 0 radical (unpaired) electrons. The largest absolute Gasteiger partial charge is 0.379 e. The van der Waals surface area contributed by atoms with Gasteiger partial charge in [-0.05, 0) is 0 Å². The van der Waals surface area contributed by atoms with Crippen LogP contribution in [-0.4, -0.2) is 67.3 Å². The summed E-state index contributed by atoms with van der Waals surface area (Å²) in [5, 5.41) is 2.83. The topological polar surface area (TPSA) is 93.5 Å². The summed E-state index contributed by atoms with van der Waals surface area (Å²) in [6, 6.07) is -0.282. The second-order valence-corrected chi connectivity index (χ2v) is 7.49. The Kier molecular flexibility index (Phi) is 4.96. The number of nitrogens with one attached hydrogen (secondary N) is 1. The number of hydrogen-bond donors (Lipinski definition) is 1. The minimum Gasteiger partial charge on any atom is -0.379 e. The summed E-state index contributed by atoms with van der Waals surface area (Å²) in [4.78, 5) is 15.8. The zero-order valence-corrected chi connectivity index (χ0v) is 12.9. The maximum atomic E-state index is 11.9. The van der Waals surface area contributed by atoms with Crippen molar-refractivity contribution in [3.05, 3.63) is 18.7 Å². The molecular formula is C12H20N4O4S. The van der Waals surface area contributed by atoms with E-state index in [1.165, 1.54) is 18.4 Å². The molecule has 0 bridgehead atoms. The highest BCUT2D eigenvalue weighted by Crippen LogP contribution is 2.17. The number of imidazole rings is 1. The van der Waals surface area contributed by atoms with Crippen molar-refractivity contribution in [1.82, 2.24) is 19.2 Å². The van der Waals surface area contributed by atoms with Crippen molar-refractivity contribution in [3.63, 3.8) is 0 Å². The molecule has 0 spiro atoms. The fourth-order valence-electron chi connectivity index (χ4n) is 2.14. The van der Waals surface area contributed by atoms with Crippen molar-refractivity contribution in [2.45, 2.75) is 12.6 Å². The lowest BCUT2D eigenvalue weighted by atomic mass is 10.1. The van der Waals surface area contributed by atoms with Crippen molar-refractivity contribution < 1.29 is 17.9 Å². The van der Waals surface area contributed by atoms with E-state index in [0.717, 1.165) is 0 Å². The van der Waals surface area contributed by atoms with Crippen LogP contribution in [0.4, 0.5) is 0 Å². The summed E-state index contributed by atoms with van der Waals surface area (Å²) in [5.41, 5.74) is 0. The van der Waals surface area contributed by atoms with Gasteiger partial charge in [-0.25, -0.2) is 17.7 Å². The first-order valence-corrected chi connectivity index (χ1v) is 8.22. The molecule has 21 heavy (non-hydrogen) atoms. The lowest BCUT2D eigenvalue weighted by molar-refractivity contribution is -0.122. The number of carbonyl (C=O) groups excluding carboxylic acids is 1. The first kappa shape index (κ1) is 15.9. The molecule has 1 aromatic rings. The Morgan fingerprint density at radius 3 is 2.86 bits per heavy atom. The molecule has 1 aromatic heterocycles. The van der Waals surface area contributed by atoms with Crippen molar-refractivity contribution in [3.8, 4) is 0 Å². The number of amides is 1. The first-order valence-electron chi connectivity index (χ1n) is 6.61. The highest BCUT2D eigenvalue weighted by molar-refractivity contribution is 7.89. The molecular weight excluding hydrogens is 296 g/mol. The van der Waals surface area contributed by atoms with Gasteiger partial charge in [0.05, 0.1) is 31.3 Å². The smallest absolute Gasteiger partial charge is 0.240 e. The summed E-state index contributed by atoms with van der Waals surface area (Å²) in [6.07, 6.45) is 4.84. The van der Waals surface area contributed by atoms with E-state index in [2.05, 4.69) is 10.3 Å². The monoisotopic (exact) mass is 316 g/mol. The van der Waals surface area contributed by atoms with Gasteiger partial charge < -0.3 is 14.6 Å². The minimum absolute atomic E-state index is 0.0317. The lowest BCUT2D eigenvalue weighted by Crippen LogP contribution is -2.44. The van der Waals surface area contributed by atoms with Gasteiger partial charge in [-0.15, -0.1) is 0 Å². The van der Waals surface area contributed by atoms with Crippen LogP contribution < -0.4 is 5.32 Å². The highest BCUT2D eigenvalue weighted by Gasteiger charge is 2.34. The molecule has 2 heterocycles. The van der Waals surface area contributed by atoms with Crippen LogP contribution in [-0.2, 0) is 26.1 Å². The highest BCUT2D eigenvalue weighted by atomic mass is 32.2. The van der Waals surface area contributed by atoms with Crippen LogP contribution in [0.2, 0.25) is 0 Å². The van der Waals surface area contributed by atoms with Crippen LogP contribution in [0.15, 0.2) is 18.7 Å². The Morgan fingerprint density at radius 2 is 2.24 bits per heavy atom. The fraction of sp³-hybridized carbons (Fsp3) is 0.667. The maximum absolute atomic E-state index is 11.9. The molecule has 1 aliphatic rings. The summed E-state index contributed by atoms with van der Waals surface area (Å²) in [7, 11) is -0.318. The third kappa shape index (κ3) is 4.26. The zero-order valence-electron chi connectivity index (χ0n) is 12.1. The van der Waals surface area contributed by atoms with E-state index in [4.69, 9.17) is 4.74 Å². The molecule has 0 aromatic carbocycles. The van der Waals surface area contributed by atoms with Gasteiger partial charge in [0.1, 0.15) is 6.54 Å². The first-order chi connectivity index (χ1) is 9.88. The van der Waals surface area contributed by atoms with Crippen molar-refractivity contribution in [2.24, 2.45) is 5.92 Å². The molecule has 1 N–H and O–H groups in total. The number of nitrogens with zero attached hydrogens (tertiary/aromatic N) is 3. The van der Waals surface area contributed by atoms with Crippen LogP contribution in [0.3, 0.4) is 0 Å². The predicted octanol–water partition coefficient (Wildman–Crippen LogP) is -1.09. The van der Waals surface area contributed by atoms with Crippen LogP contribution in [0.5, 0.6) is 0 Å². The van der Waals surface area contributed by atoms with Crippen molar-refractivity contribution >= 4 is 15.9 Å². The number of aromatic nitrogens is 2. The Labute approximate surface area is 124 Å². The van der Waals surface area contributed by atoms with E-state index in [-0.39, 0.29) is 30.2 Å².